The zero-order chi connectivity index (χ0) is 21.3. The summed E-state index contributed by atoms with van der Waals surface area (Å²) in [4.78, 5) is 0. The molecule has 0 bridgehead atoms. The Bertz CT molecular complexity index is 944. The number of rotatable bonds is 5. The van der Waals surface area contributed by atoms with Gasteiger partial charge in [0.05, 0.1) is 0 Å². The molecule has 1 saturated heterocycles. The Morgan fingerprint density at radius 2 is 1.28 bits per heavy atom. The highest BCUT2D eigenvalue weighted by Gasteiger charge is 2.51. The van der Waals surface area contributed by atoms with E-state index >= 15 is 0 Å². The first-order chi connectivity index (χ1) is 13.5. The van der Waals surface area contributed by atoms with Crippen molar-refractivity contribution in [2.75, 3.05) is 11.5 Å². The average Bonchev–Trinajstić information content (AvgIpc) is 3.08. The van der Waals surface area contributed by atoms with Crippen molar-refractivity contribution >= 4 is 26.0 Å². The lowest BCUT2D eigenvalue weighted by Crippen LogP contribution is -2.27. The molecule has 0 N–H and O–H groups in total. The summed E-state index contributed by atoms with van der Waals surface area (Å²) in [6.45, 7) is 0. The molecule has 2 aromatic rings. The molecule has 0 atom stereocenters. The van der Waals surface area contributed by atoms with Crippen LogP contribution in [0.2, 0.25) is 0 Å². The van der Waals surface area contributed by atoms with Crippen LogP contribution in [0.5, 0.6) is 0 Å². The number of benzene rings is 2. The van der Waals surface area contributed by atoms with Gasteiger partial charge in [-0.05, 0) is 59.2 Å². The van der Waals surface area contributed by atoms with E-state index in [1.165, 1.54) is 53.9 Å². The average molecular weight is 452 g/mol. The highest BCUT2D eigenvalue weighted by Crippen LogP contribution is 2.60. The molecule has 0 unspecified atom stereocenters. The third kappa shape index (κ3) is 4.99. The molecule has 3 nitrogen and oxygen atoms in total. The Morgan fingerprint density at radius 3 is 1.66 bits per heavy atom. The van der Waals surface area contributed by atoms with Crippen LogP contribution in [-0.2, 0) is 13.7 Å². The SMILES string of the molecule is O=S(=O)(OS1(C=C(c2ccc(F)cc2)c2ccc(F)cc2)CCCC1)C(F)(F)F. The molecular weight excluding hydrogens is 435 g/mol. The van der Waals surface area contributed by atoms with Gasteiger partial charge in [0.15, 0.2) is 0 Å². The van der Waals surface area contributed by atoms with Gasteiger partial charge in [0.1, 0.15) is 11.6 Å². The summed E-state index contributed by atoms with van der Waals surface area (Å²) in [6.07, 6.45) is 1.03. The van der Waals surface area contributed by atoms with Gasteiger partial charge in [-0.2, -0.15) is 21.6 Å². The van der Waals surface area contributed by atoms with Crippen molar-refractivity contribution in [3.8, 4) is 0 Å². The predicted molar refractivity (Wildman–Crippen MR) is 102 cm³/mol. The van der Waals surface area contributed by atoms with E-state index in [1.807, 2.05) is 0 Å². The molecule has 0 aliphatic carbocycles. The molecule has 0 amide bonds. The minimum Gasteiger partial charge on any atom is -0.209 e. The second-order valence-electron chi connectivity index (χ2n) is 6.50. The van der Waals surface area contributed by atoms with E-state index in [2.05, 4.69) is 0 Å². The molecule has 3 rings (SSSR count). The maximum atomic E-state index is 13.3. The molecule has 1 aliphatic rings. The van der Waals surface area contributed by atoms with Crippen LogP contribution in [0.1, 0.15) is 24.0 Å². The summed E-state index contributed by atoms with van der Waals surface area (Å²) >= 11 is 0. The van der Waals surface area contributed by atoms with E-state index in [9.17, 15) is 30.4 Å². The van der Waals surface area contributed by atoms with E-state index in [0.717, 1.165) is 0 Å². The number of hydrogen-bond acceptors (Lipinski definition) is 3. The van der Waals surface area contributed by atoms with E-state index in [1.54, 1.807) is 0 Å². The normalized spacial score (nSPS) is 17.7. The topological polar surface area (TPSA) is 43.4 Å². The van der Waals surface area contributed by atoms with Crippen LogP contribution in [0, 0.1) is 11.6 Å². The van der Waals surface area contributed by atoms with Crippen LogP contribution in [-0.4, -0.2) is 25.4 Å². The van der Waals surface area contributed by atoms with Crippen molar-refractivity contribution in [1.29, 1.82) is 0 Å². The molecular formula is C19H17F5O3S2. The Morgan fingerprint density at radius 1 is 0.862 bits per heavy atom. The molecule has 29 heavy (non-hydrogen) atoms. The quantitative estimate of drug-likeness (QED) is 0.430. The summed E-state index contributed by atoms with van der Waals surface area (Å²) in [6, 6.07) is 10.4. The van der Waals surface area contributed by atoms with Crippen molar-refractivity contribution < 1.29 is 34.0 Å². The van der Waals surface area contributed by atoms with Gasteiger partial charge in [0.25, 0.3) is 0 Å². The van der Waals surface area contributed by atoms with Crippen molar-refractivity contribution in [2.45, 2.75) is 18.3 Å². The largest absolute Gasteiger partial charge is 0.523 e. The molecule has 1 fully saturated rings. The Hall–Kier alpha value is -1.91. The minimum atomic E-state index is -5.79. The van der Waals surface area contributed by atoms with Gasteiger partial charge in [-0.1, -0.05) is 34.6 Å². The van der Waals surface area contributed by atoms with Crippen molar-refractivity contribution in [2.24, 2.45) is 0 Å². The van der Waals surface area contributed by atoms with Gasteiger partial charge in [-0.3, -0.25) is 0 Å². The monoisotopic (exact) mass is 452 g/mol. The zero-order valence-corrected chi connectivity index (χ0v) is 16.6. The summed E-state index contributed by atoms with van der Waals surface area (Å²) in [5.41, 5.74) is -4.27. The van der Waals surface area contributed by atoms with Gasteiger partial charge >= 0.3 is 15.6 Å². The van der Waals surface area contributed by atoms with E-state index in [0.29, 0.717) is 29.5 Å². The smallest absolute Gasteiger partial charge is 0.209 e. The standard InChI is InChI=1S/C19H17F5O3S2/c20-16-7-3-14(4-8-16)18(15-5-9-17(21)10-6-15)13-28(11-1-2-12-28)27-29(25,26)19(22,23)24/h3-10,13H,1-2,11-12H2. The molecule has 158 valence electrons. The van der Waals surface area contributed by atoms with Crippen molar-refractivity contribution in [3.05, 3.63) is 76.7 Å². The summed E-state index contributed by atoms with van der Waals surface area (Å²) in [5, 5.41) is 1.41. The summed E-state index contributed by atoms with van der Waals surface area (Å²) in [5.74, 6) is -0.723. The number of halogens is 5. The lowest BCUT2D eigenvalue weighted by Gasteiger charge is -2.32. The second kappa shape index (κ2) is 8.08. The van der Waals surface area contributed by atoms with Crippen LogP contribution in [0.15, 0.2) is 53.9 Å². The maximum absolute atomic E-state index is 13.3. The van der Waals surface area contributed by atoms with E-state index in [-0.39, 0.29) is 11.5 Å². The minimum absolute atomic E-state index is 0.147. The van der Waals surface area contributed by atoms with Gasteiger partial charge in [0, 0.05) is 11.5 Å². The van der Waals surface area contributed by atoms with Crippen LogP contribution in [0.25, 0.3) is 5.57 Å². The van der Waals surface area contributed by atoms with E-state index < -0.39 is 37.6 Å². The lowest BCUT2D eigenvalue weighted by molar-refractivity contribution is -0.0495. The predicted octanol–water partition coefficient (Wildman–Crippen LogP) is 5.73. The first kappa shape index (κ1) is 21.8. The Kier molecular flexibility index (Phi) is 6.07. The highest BCUT2D eigenvalue weighted by molar-refractivity contribution is 8.35. The fourth-order valence-corrected chi connectivity index (χ4v) is 7.96. The molecule has 0 saturated carbocycles. The third-order valence-corrected chi connectivity index (χ3v) is 9.37. The van der Waals surface area contributed by atoms with Crippen molar-refractivity contribution in [1.82, 2.24) is 0 Å². The Labute approximate surface area is 166 Å². The number of alkyl halides is 3. The van der Waals surface area contributed by atoms with Gasteiger partial charge in [-0.15, -0.1) is 0 Å². The fourth-order valence-electron chi connectivity index (χ4n) is 2.99. The third-order valence-electron chi connectivity index (χ3n) is 4.38. The maximum Gasteiger partial charge on any atom is 0.523 e. The van der Waals surface area contributed by atoms with Crippen LogP contribution >= 0.6 is 10.3 Å². The molecule has 1 heterocycles. The van der Waals surface area contributed by atoms with Crippen molar-refractivity contribution in [3.63, 3.8) is 0 Å². The summed E-state index contributed by atoms with van der Waals surface area (Å²) < 4.78 is 93.7. The van der Waals surface area contributed by atoms with Crippen LogP contribution in [0.3, 0.4) is 0 Å². The van der Waals surface area contributed by atoms with Crippen LogP contribution < -0.4 is 0 Å². The highest BCUT2D eigenvalue weighted by atomic mass is 32.3. The first-order valence-electron chi connectivity index (χ1n) is 8.56. The lowest BCUT2D eigenvalue weighted by atomic mass is 10.00. The molecule has 2 aromatic carbocycles. The Balaban J connectivity index is 2.13. The molecule has 10 heteroatoms. The van der Waals surface area contributed by atoms with Gasteiger partial charge < -0.3 is 0 Å². The van der Waals surface area contributed by atoms with Gasteiger partial charge in [0.2, 0.25) is 0 Å². The zero-order valence-electron chi connectivity index (χ0n) is 15.0. The first-order valence-corrected chi connectivity index (χ1v) is 11.9. The second-order valence-corrected chi connectivity index (χ2v) is 11.2. The summed E-state index contributed by atoms with van der Waals surface area (Å²) in [7, 11) is -8.57. The molecule has 0 spiro atoms. The molecule has 0 radical (unpaired) electrons. The van der Waals surface area contributed by atoms with Gasteiger partial charge in [-0.25, -0.2) is 12.4 Å². The molecule has 1 aliphatic heterocycles. The fraction of sp³-hybridized carbons (Fsp3) is 0.263. The molecule has 0 aromatic heterocycles. The number of hydrogen-bond donors (Lipinski definition) is 0. The van der Waals surface area contributed by atoms with E-state index in [4.69, 9.17) is 3.63 Å². The van der Waals surface area contributed by atoms with Crippen LogP contribution in [0.4, 0.5) is 22.0 Å².